The summed E-state index contributed by atoms with van der Waals surface area (Å²) in [6.45, 7) is -0.329. The number of carbonyl (C=O) groups is 2. The van der Waals surface area contributed by atoms with Crippen LogP contribution in [0.5, 0.6) is 0 Å². The van der Waals surface area contributed by atoms with E-state index in [0.29, 0.717) is 17.7 Å². The van der Waals surface area contributed by atoms with Gasteiger partial charge in [0.25, 0.3) is 5.91 Å². The Bertz CT molecular complexity index is 924. The highest BCUT2D eigenvalue weighted by atomic mass is 127. The molecule has 0 saturated heterocycles. The fraction of sp³-hybridized carbons (Fsp3) is 0.0909. The molecule has 0 unspecified atom stereocenters. The summed E-state index contributed by atoms with van der Waals surface area (Å²) in [7, 11) is 0. The third-order valence-corrected chi connectivity index (χ3v) is 4.66. The van der Waals surface area contributed by atoms with Gasteiger partial charge >= 0.3 is 5.97 Å². The molecule has 0 heterocycles. The molecule has 5 heteroatoms. The number of hydrogen-bond donors (Lipinski definition) is 1. The van der Waals surface area contributed by atoms with Crippen LogP contribution in [0.3, 0.4) is 0 Å². The van der Waals surface area contributed by atoms with E-state index < -0.39 is 5.97 Å². The molecule has 136 valence electrons. The number of esters is 1. The smallest absolute Gasteiger partial charge is 0.338 e. The van der Waals surface area contributed by atoms with Crippen molar-refractivity contribution >= 4 is 40.2 Å². The van der Waals surface area contributed by atoms with Crippen molar-refractivity contribution < 1.29 is 14.3 Å². The molecule has 4 nitrogen and oxygen atoms in total. The molecule has 0 spiro atoms. The second kappa shape index (κ2) is 9.32. The Labute approximate surface area is 171 Å². The Morgan fingerprint density at radius 2 is 1.52 bits per heavy atom. The van der Waals surface area contributed by atoms with Gasteiger partial charge in [-0.15, -0.1) is 0 Å². The van der Waals surface area contributed by atoms with Crippen LogP contribution in [0.2, 0.25) is 0 Å². The van der Waals surface area contributed by atoms with Gasteiger partial charge < -0.3 is 10.1 Å². The SMILES string of the molecule is O=C(COC(=O)c1ccccc1Cc1ccccc1)Nc1ccc(I)cc1. The fourth-order valence-corrected chi connectivity index (χ4v) is 2.99. The lowest BCUT2D eigenvalue weighted by Gasteiger charge is -2.10. The van der Waals surface area contributed by atoms with Crippen molar-refractivity contribution in [2.75, 3.05) is 11.9 Å². The highest BCUT2D eigenvalue weighted by molar-refractivity contribution is 14.1. The van der Waals surface area contributed by atoms with Gasteiger partial charge in [0, 0.05) is 9.26 Å². The molecule has 0 bridgehead atoms. The average molecular weight is 471 g/mol. The Morgan fingerprint density at radius 3 is 2.26 bits per heavy atom. The zero-order valence-electron chi connectivity index (χ0n) is 14.5. The summed E-state index contributed by atoms with van der Waals surface area (Å²) in [4.78, 5) is 24.5. The zero-order valence-corrected chi connectivity index (χ0v) is 16.7. The van der Waals surface area contributed by atoms with Crippen molar-refractivity contribution in [2.24, 2.45) is 0 Å². The van der Waals surface area contributed by atoms with Crippen molar-refractivity contribution in [1.29, 1.82) is 0 Å². The lowest BCUT2D eigenvalue weighted by molar-refractivity contribution is -0.119. The van der Waals surface area contributed by atoms with Crippen molar-refractivity contribution in [3.05, 3.63) is 99.1 Å². The van der Waals surface area contributed by atoms with E-state index in [1.54, 1.807) is 24.3 Å². The van der Waals surface area contributed by atoms with Crippen LogP contribution >= 0.6 is 22.6 Å². The van der Waals surface area contributed by atoms with Gasteiger partial charge in [0.15, 0.2) is 6.61 Å². The summed E-state index contributed by atoms with van der Waals surface area (Å²) in [5.74, 6) is -0.871. The highest BCUT2D eigenvalue weighted by Crippen LogP contribution is 2.16. The van der Waals surface area contributed by atoms with Gasteiger partial charge in [0.1, 0.15) is 0 Å². The van der Waals surface area contributed by atoms with E-state index in [1.807, 2.05) is 54.6 Å². The molecule has 0 aliphatic heterocycles. The molecule has 0 atom stereocenters. The van der Waals surface area contributed by atoms with E-state index in [1.165, 1.54) is 0 Å². The summed E-state index contributed by atoms with van der Waals surface area (Å²) in [5, 5.41) is 2.71. The average Bonchev–Trinajstić information content (AvgIpc) is 2.69. The summed E-state index contributed by atoms with van der Waals surface area (Å²) < 4.78 is 6.29. The molecule has 0 aromatic heterocycles. The fourth-order valence-electron chi connectivity index (χ4n) is 2.63. The number of halogens is 1. The van der Waals surface area contributed by atoms with Crippen LogP contribution in [0.1, 0.15) is 21.5 Å². The first-order valence-corrected chi connectivity index (χ1v) is 9.54. The van der Waals surface area contributed by atoms with Crippen LogP contribution in [0.25, 0.3) is 0 Å². The Balaban J connectivity index is 1.61. The van der Waals surface area contributed by atoms with Crippen LogP contribution in [-0.2, 0) is 16.0 Å². The molecule has 0 radical (unpaired) electrons. The minimum atomic E-state index is -0.501. The van der Waals surface area contributed by atoms with Gasteiger partial charge in [-0.2, -0.15) is 0 Å². The second-order valence-electron chi connectivity index (χ2n) is 5.95. The van der Waals surface area contributed by atoms with E-state index in [-0.39, 0.29) is 12.5 Å². The van der Waals surface area contributed by atoms with Crippen molar-refractivity contribution in [3.8, 4) is 0 Å². The lowest BCUT2D eigenvalue weighted by atomic mass is 10.00. The number of amides is 1. The molecule has 0 saturated carbocycles. The maximum absolute atomic E-state index is 12.5. The van der Waals surface area contributed by atoms with E-state index >= 15 is 0 Å². The topological polar surface area (TPSA) is 55.4 Å². The number of anilines is 1. The number of rotatable bonds is 6. The van der Waals surface area contributed by atoms with Gasteiger partial charge in [-0.1, -0.05) is 48.5 Å². The molecule has 0 fully saturated rings. The number of nitrogens with one attached hydrogen (secondary N) is 1. The van der Waals surface area contributed by atoms with Gasteiger partial charge in [0.2, 0.25) is 0 Å². The molecule has 1 N–H and O–H groups in total. The van der Waals surface area contributed by atoms with Gasteiger partial charge in [0.05, 0.1) is 5.56 Å². The van der Waals surface area contributed by atoms with E-state index in [0.717, 1.165) is 14.7 Å². The predicted molar refractivity (Wildman–Crippen MR) is 114 cm³/mol. The standard InChI is InChI=1S/C22H18INO3/c23-18-10-12-19(13-11-18)24-21(25)15-27-22(26)20-9-5-4-8-17(20)14-16-6-2-1-3-7-16/h1-13H,14-15H2,(H,24,25). The van der Waals surface area contributed by atoms with Crippen LogP contribution in [0.4, 0.5) is 5.69 Å². The van der Waals surface area contributed by atoms with Crippen molar-refractivity contribution in [3.63, 3.8) is 0 Å². The maximum atomic E-state index is 12.5. The normalized spacial score (nSPS) is 10.3. The molecular formula is C22H18INO3. The summed E-state index contributed by atoms with van der Waals surface area (Å²) in [6.07, 6.45) is 0.626. The number of carbonyl (C=O) groups excluding carboxylic acids is 2. The first-order valence-electron chi connectivity index (χ1n) is 8.46. The van der Waals surface area contributed by atoms with E-state index in [4.69, 9.17) is 4.74 Å². The first-order chi connectivity index (χ1) is 13.1. The third-order valence-electron chi connectivity index (χ3n) is 3.94. The summed E-state index contributed by atoms with van der Waals surface area (Å²) in [6, 6.07) is 24.6. The van der Waals surface area contributed by atoms with Crippen LogP contribution in [-0.4, -0.2) is 18.5 Å². The Kier molecular flexibility index (Phi) is 6.59. The molecule has 3 aromatic rings. The summed E-state index contributed by atoms with van der Waals surface area (Å²) in [5.41, 5.74) is 3.12. The van der Waals surface area contributed by atoms with Crippen molar-refractivity contribution in [1.82, 2.24) is 0 Å². The highest BCUT2D eigenvalue weighted by Gasteiger charge is 2.14. The largest absolute Gasteiger partial charge is 0.452 e. The van der Waals surface area contributed by atoms with Gasteiger partial charge in [-0.3, -0.25) is 4.79 Å². The molecule has 3 aromatic carbocycles. The number of benzene rings is 3. The van der Waals surface area contributed by atoms with E-state index in [2.05, 4.69) is 27.9 Å². The molecule has 3 rings (SSSR count). The molecule has 0 aliphatic carbocycles. The van der Waals surface area contributed by atoms with Gasteiger partial charge in [-0.25, -0.2) is 4.79 Å². The molecule has 1 amide bonds. The minimum Gasteiger partial charge on any atom is -0.452 e. The first kappa shape index (κ1) is 19.1. The number of ether oxygens (including phenoxy) is 1. The quantitative estimate of drug-likeness (QED) is 0.420. The zero-order chi connectivity index (χ0) is 19.1. The third kappa shape index (κ3) is 5.65. The van der Waals surface area contributed by atoms with Crippen LogP contribution < -0.4 is 5.32 Å². The van der Waals surface area contributed by atoms with Crippen LogP contribution in [0, 0.1) is 3.57 Å². The minimum absolute atomic E-state index is 0.329. The maximum Gasteiger partial charge on any atom is 0.338 e. The number of hydrogen-bond acceptors (Lipinski definition) is 3. The predicted octanol–water partition coefficient (Wildman–Crippen LogP) is 4.68. The molecule has 27 heavy (non-hydrogen) atoms. The van der Waals surface area contributed by atoms with Gasteiger partial charge in [-0.05, 0) is 70.5 Å². The monoisotopic (exact) mass is 471 g/mol. The Hall–Kier alpha value is -2.67. The molecule has 0 aliphatic rings. The lowest BCUT2D eigenvalue weighted by Crippen LogP contribution is -2.21. The van der Waals surface area contributed by atoms with Crippen LogP contribution in [0.15, 0.2) is 78.9 Å². The van der Waals surface area contributed by atoms with Crippen molar-refractivity contribution in [2.45, 2.75) is 6.42 Å². The molecular weight excluding hydrogens is 453 g/mol. The second-order valence-corrected chi connectivity index (χ2v) is 7.20. The summed E-state index contributed by atoms with van der Waals surface area (Å²) >= 11 is 2.19. The Morgan fingerprint density at radius 1 is 0.852 bits per heavy atom. The van der Waals surface area contributed by atoms with E-state index in [9.17, 15) is 9.59 Å².